The number of amides is 1. The number of aromatic nitrogens is 5. The molecule has 1 unspecified atom stereocenters. The molecule has 4 rings (SSSR count). The lowest BCUT2D eigenvalue weighted by atomic mass is 10.2. The Morgan fingerprint density at radius 3 is 2.70 bits per heavy atom. The molecule has 9 heteroatoms. The van der Waals surface area contributed by atoms with Gasteiger partial charge in [0.2, 0.25) is 0 Å². The number of carbonyl (C=O) groups excluding carboxylic acids is 1. The lowest BCUT2D eigenvalue weighted by Crippen LogP contribution is -2.32. The van der Waals surface area contributed by atoms with E-state index in [1.54, 1.807) is 4.68 Å². The van der Waals surface area contributed by atoms with Gasteiger partial charge in [0.25, 0.3) is 5.91 Å². The summed E-state index contributed by atoms with van der Waals surface area (Å²) in [4.78, 5) is 21.8. The molecule has 0 bridgehead atoms. The standard InChI is InChI=1S/C21H24N6O2S/c1-14-11-15(2)24-21(23-14)30-13-18-19(20(28)22-12-17-9-6-10-29-17)25-26-27(18)16-7-4-3-5-8-16/h3-5,7-8,11,17H,6,9-10,12-13H2,1-2H3,(H,22,28). The average Bonchev–Trinajstić information content (AvgIpc) is 3.40. The molecule has 0 aliphatic carbocycles. The molecule has 1 fully saturated rings. The summed E-state index contributed by atoms with van der Waals surface area (Å²) in [7, 11) is 0. The summed E-state index contributed by atoms with van der Waals surface area (Å²) in [6, 6.07) is 11.6. The first-order valence-corrected chi connectivity index (χ1v) is 10.9. The van der Waals surface area contributed by atoms with Gasteiger partial charge in [-0.2, -0.15) is 0 Å². The van der Waals surface area contributed by atoms with Gasteiger partial charge in [-0.1, -0.05) is 35.2 Å². The molecule has 2 aromatic heterocycles. The Labute approximate surface area is 179 Å². The van der Waals surface area contributed by atoms with Crippen LogP contribution in [0.25, 0.3) is 5.69 Å². The maximum atomic E-state index is 12.9. The molecule has 1 aliphatic rings. The summed E-state index contributed by atoms with van der Waals surface area (Å²) in [6.45, 7) is 5.11. The maximum absolute atomic E-state index is 12.9. The van der Waals surface area contributed by atoms with Crippen LogP contribution in [0.15, 0.2) is 41.6 Å². The molecule has 156 valence electrons. The Bertz CT molecular complexity index is 997. The van der Waals surface area contributed by atoms with Gasteiger partial charge < -0.3 is 10.1 Å². The van der Waals surface area contributed by atoms with E-state index in [4.69, 9.17) is 4.74 Å². The van der Waals surface area contributed by atoms with Crippen LogP contribution in [0, 0.1) is 13.8 Å². The van der Waals surface area contributed by atoms with E-state index < -0.39 is 0 Å². The van der Waals surface area contributed by atoms with Crippen molar-refractivity contribution in [2.75, 3.05) is 13.2 Å². The molecule has 1 saturated heterocycles. The number of para-hydroxylation sites is 1. The minimum atomic E-state index is -0.246. The number of hydrogen-bond acceptors (Lipinski definition) is 7. The summed E-state index contributed by atoms with van der Waals surface area (Å²) >= 11 is 1.46. The van der Waals surface area contributed by atoms with Crippen molar-refractivity contribution >= 4 is 17.7 Å². The highest BCUT2D eigenvalue weighted by molar-refractivity contribution is 7.98. The van der Waals surface area contributed by atoms with Crippen LogP contribution in [0.1, 0.15) is 40.4 Å². The van der Waals surface area contributed by atoms with E-state index >= 15 is 0 Å². The van der Waals surface area contributed by atoms with Gasteiger partial charge in [0.15, 0.2) is 10.9 Å². The molecule has 3 aromatic rings. The molecule has 1 amide bonds. The smallest absolute Gasteiger partial charge is 0.273 e. The van der Waals surface area contributed by atoms with Gasteiger partial charge in [-0.15, -0.1) is 5.10 Å². The van der Waals surface area contributed by atoms with E-state index in [-0.39, 0.29) is 12.0 Å². The van der Waals surface area contributed by atoms with Gasteiger partial charge in [-0.3, -0.25) is 4.79 Å². The summed E-state index contributed by atoms with van der Waals surface area (Å²) in [6.07, 6.45) is 2.06. The van der Waals surface area contributed by atoms with E-state index in [2.05, 4.69) is 25.6 Å². The Morgan fingerprint density at radius 2 is 2.00 bits per heavy atom. The minimum Gasteiger partial charge on any atom is -0.376 e. The number of nitrogens with zero attached hydrogens (tertiary/aromatic N) is 5. The number of benzene rings is 1. The van der Waals surface area contributed by atoms with Gasteiger partial charge in [0.05, 0.1) is 17.5 Å². The molecule has 30 heavy (non-hydrogen) atoms. The Balaban J connectivity index is 1.57. The minimum absolute atomic E-state index is 0.0691. The Kier molecular flexibility index (Phi) is 6.39. The number of carbonyl (C=O) groups is 1. The molecule has 1 aliphatic heterocycles. The van der Waals surface area contributed by atoms with Crippen molar-refractivity contribution in [3.63, 3.8) is 0 Å². The van der Waals surface area contributed by atoms with E-state index in [1.165, 1.54) is 11.8 Å². The molecule has 8 nitrogen and oxygen atoms in total. The topological polar surface area (TPSA) is 94.8 Å². The zero-order chi connectivity index (χ0) is 20.9. The van der Waals surface area contributed by atoms with Crippen molar-refractivity contribution in [1.82, 2.24) is 30.3 Å². The molecule has 0 spiro atoms. The fourth-order valence-electron chi connectivity index (χ4n) is 3.37. The number of nitrogens with one attached hydrogen (secondary N) is 1. The van der Waals surface area contributed by atoms with E-state index in [1.807, 2.05) is 50.2 Å². The third kappa shape index (κ3) is 4.85. The van der Waals surface area contributed by atoms with Crippen LogP contribution in [-0.2, 0) is 10.5 Å². The monoisotopic (exact) mass is 424 g/mol. The Morgan fingerprint density at radius 1 is 1.23 bits per heavy atom. The second-order valence-electron chi connectivity index (χ2n) is 7.20. The first-order valence-electron chi connectivity index (χ1n) is 9.95. The number of thioether (sulfide) groups is 1. The van der Waals surface area contributed by atoms with E-state index in [0.717, 1.165) is 36.5 Å². The first kappa shape index (κ1) is 20.5. The predicted molar refractivity (Wildman–Crippen MR) is 114 cm³/mol. The fourth-order valence-corrected chi connectivity index (χ4v) is 4.31. The summed E-state index contributed by atoms with van der Waals surface area (Å²) in [5.41, 5.74) is 3.69. The summed E-state index contributed by atoms with van der Waals surface area (Å²) < 4.78 is 7.30. The van der Waals surface area contributed by atoms with Gasteiger partial charge in [0.1, 0.15) is 0 Å². The normalized spacial score (nSPS) is 16.0. The Hall–Kier alpha value is -2.78. The summed E-state index contributed by atoms with van der Waals surface area (Å²) in [5.74, 6) is 0.220. The van der Waals surface area contributed by atoms with Crippen LogP contribution >= 0.6 is 11.8 Å². The van der Waals surface area contributed by atoms with Crippen LogP contribution in [-0.4, -0.2) is 50.1 Å². The van der Waals surface area contributed by atoms with Crippen molar-refractivity contribution < 1.29 is 9.53 Å². The molecule has 0 radical (unpaired) electrons. The summed E-state index contributed by atoms with van der Waals surface area (Å²) in [5, 5.41) is 12.1. The number of hydrogen-bond donors (Lipinski definition) is 1. The zero-order valence-electron chi connectivity index (χ0n) is 17.0. The van der Waals surface area contributed by atoms with Crippen molar-refractivity contribution in [3.8, 4) is 5.69 Å². The predicted octanol–water partition coefficient (Wildman–Crippen LogP) is 2.88. The molecule has 3 heterocycles. The van der Waals surface area contributed by atoms with Crippen LogP contribution in [0.2, 0.25) is 0 Å². The SMILES string of the molecule is Cc1cc(C)nc(SCc2c(C(=O)NCC3CCCO3)nnn2-c2ccccc2)n1. The molecule has 1 atom stereocenters. The van der Waals surface area contributed by atoms with Crippen molar-refractivity contribution in [2.24, 2.45) is 0 Å². The van der Waals surface area contributed by atoms with Crippen molar-refractivity contribution in [2.45, 2.75) is 43.7 Å². The van der Waals surface area contributed by atoms with Gasteiger partial charge in [0, 0.05) is 30.3 Å². The lowest BCUT2D eigenvalue weighted by Gasteiger charge is -2.11. The van der Waals surface area contributed by atoms with Crippen molar-refractivity contribution in [1.29, 1.82) is 0 Å². The van der Waals surface area contributed by atoms with Crippen molar-refractivity contribution in [3.05, 3.63) is 59.2 Å². The maximum Gasteiger partial charge on any atom is 0.273 e. The highest BCUT2D eigenvalue weighted by Crippen LogP contribution is 2.23. The second-order valence-corrected chi connectivity index (χ2v) is 8.14. The van der Waals surface area contributed by atoms with Crippen LogP contribution in [0.3, 0.4) is 0 Å². The first-order chi connectivity index (χ1) is 14.6. The zero-order valence-corrected chi connectivity index (χ0v) is 17.9. The lowest BCUT2D eigenvalue weighted by molar-refractivity contribution is 0.0853. The van der Waals surface area contributed by atoms with Gasteiger partial charge in [-0.25, -0.2) is 14.6 Å². The third-order valence-electron chi connectivity index (χ3n) is 4.79. The highest BCUT2D eigenvalue weighted by Gasteiger charge is 2.23. The molecule has 1 aromatic carbocycles. The van der Waals surface area contributed by atoms with E-state index in [9.17, 15) is 4.79 Å². The van der Waals surface area contributed by atoms with Gasteiger partial charge >= 0.3 is 0 Å². The highest BCUT2D eigenvalue weighted by atomic mass is 32.2. The third-order valence-corrected chi connectivity index (χ3v) is 5.65. The quantitative estimate of drug-likeness (QED) is 0.460. The van der Waals surface area contributed by atoms with Crippen LogP contribution in [0.4, 0.5) is 0 Å². The average molecular weight is 425 g/mol. The number of rotatable bonds is 7. The largest absolute Gasteiger partial charge is 0.376 e. The molecule has 0 saturated carbocycles. The molecule has 1 N–H and O–H groups in total. The van der Waals surface area contributed by atoms with Crippen LogP contribution < -0.4 is 5.32 Å². The van der Waals surface area contributed by atoms with Gasteiger partial charge in [-0.05, 0) is 44.9 Å². The second kappa shape index (κ2) is 9.36. The van der Waals surface area contributed by atoms with Crippen LogP contribution in [0.5, 0.6) is 0 Å². The molecular formula is C21H24N6O2S. The fraction of sp³-hybridized carbons (Fsp3) is 0.381. The number of aryl methyl sites for hydroxylation is 2. The molecular weight excluding hydrogens is 400 g/mol. The van der Waals surface area contributed by atoms with E-state index in [0.29, 0.717) is 28.8 Å². The number of ether oxygens (including phenoxy) is 1.